The van der Waals surface area contributed by atoms with Crippen molar-refractivity contribution in [1.29, 1.82) is 0 Å². The lowest BCUT2D eigenvalue weighted by Crippen LogP contribution is -2.30. The van der Waals surface area contributed by atoms with Gasteiger partial charge >= 0.3 is 0 Å². The molecule has 0 radical (unpaired) electrons. The van der Waals surface area contributed by atoms with Crippen molar-refractivity contribution in [3.8, 4) is 0 Å². The van der Waals surface area contributed by atoms with E-state index >= 15 is 0 Å². The van der Waals surface area contributed by atoms with Crippen LogP contribution in [0.15, 0.2) is 0 Å². The Kier molecular flexibility index (Phi) is 2.83. The smallest absolute Gasteiger partial charge is 0.208 e. The van der Waals surface area contributed by atoms with Crippen LogP contribution in [-0.2, 0) is 9.16 Å². The largest absolute Gasteiger partial charge is 0.417 e. The summed E-state index contributed by atoms with van der Waals surface area (Å²) in [6, 6.07) is 1.35. The van der Waals surface area contributed by atoms with Gasteiger partial charge < -0.3 is 9.16 Å². The molecule has 3 atom stereocenters. The van der Waals surface area contributed by atoms with Gasteiger partial charge in [0.1, 0.15) is 0 Å². The summed E-state index contributed by atoms with van der Waals surface area (Å²) >= 11 is 0. The van der Waals surface area contributed by atoms with E-state index in [2.05, 4.69) is 6.92 Å². The highest BCUT2D eigenvalue weighted by atomic mass is 28.3. The molecule has 0 bridgehead atoms. The Morgan fingerprint density at radius 1 is 1.42 bits per heavy atom. The van der Waals surface area contributed by atoms with Crippen LogP contribution >= 0.6 is 0 Å². The molecule has 2 fully saturated rings. The van der Waals surface area contributed by atoms with Crippen LogP contribution in [0.25, 0.3) is 0 Å². The van der Waals surface area contributed by atoms with E-state index in [1.807, 2.05) is 0 Å². The lowest BCUT2D eigenvalue weighted by Gasteiger charge is -2.19. The van der Waals surface area contributed by atoms with Gasteiger partial charge in [-0.2, -0.15) is 0 Å². The van der Waals surface area contributed by atoms with Crippen LogP contribution in [0.3, 0.4) is 0 Å². The number of rotatable bonds is 3. The van der Waals surface area contributed by atoms with Gasteiger partial charge in [-0.15, -0.1) is 0 Å². The van der Waals surface area contributed by atoms with Gasteiger partial charge in [-0.25, -0.2) is 0 Å². The van der Waals surface area contributed by atoms with Crippen LogP contribution in [0.5, 0.6) is 0 Å². The molecular formula is C9H18O2Si. The third kappa shape index (κ3) is 1.89. The highest BCUT2D eigenvalue weighted by molar-refractivity contribution is 6.54. The standard InChI is InChI=1S/C9H18O2Si/c1-2-5-8-9(11-8)12-7-4-3-6-10-12/h8-9,12H,2-7H2,1H3. The quantitative estimate of drug-likeness (QED) is 0.493. The molecule has 2 saturated heterocycles. The second kappa shape index (κ2) is 3.90. The molecule has 0 amide bonds. The van der Waals surface area contributed by atoms with Crippen molar-refractivity contribution in [3.05, 3.63) is 0 Å². The summed E-state index contributed by atoms with van der Waals surface area (Å²) in [4.78, 5) is 0. The van der Waals surface area contributed by atoms with Crippen LogP contribution < -0.4 is 0 Å². The average Bonchev–Trinajstić information content (AvgIpc) is 2.87. The predicted octanol–water partition coefficient (Wildman–Crippen LogP) is 1.63. The van der Waals surface area contributed by atoms with Crippen LogP contribution in [0.2, 0.25) is 6.04 Å². The van der Waals surface area contributed by atoms with E-state index in [0.717, 1.165) is 6.61 Å². The molecule has 70 valence electrons. The van der Waals surface area contributed by atoms with Gasteiger partial charge in [0.2, 0.25) is 9.04 Å². The first-order valence-electron chi connectivity index (χ1n) is 5.19. The molecule has 3 heteroatoms. The Morgan fingerprint density at radius 2 is 2.33 bits per heavy atom. The minimum absolute atomic E-state index is 0.588. The van der Waals surface area contributed by atoms with E-state index in [4.69, 9.17) is 9.16 Å². The molecule has 0 aliphatic carbocycles. The zero-order valence-corrected chi connectivity index (χ0v) is 8.95. The van der Waals surface area contributed by atoms with E-state index in [-0.39, 0.29) is 0 Å². The molecule has 2 aliphatic rings. The van der Waals surface area contributed by atoms with E-state index in [0.29, 0.717) is 11.8 Å². The fourth-order valence-corrected chi connectivity index (χ4v) is 4.92. The predicted molar refractivity (Wildman–Crippen MR) is 50.7 cm³/mol. The van der Waals surface area contributed by atoms with Crippen LogP contribution in [-0.4, -0.2) is 27.5 Å². The Hall–Kier alpha value is 0.137. The molecule has 0 aromatic carbocycles. The maximum Gasteiger partial charge on any atom is 0.208 e. The molecule has 2 heterocycles. The maximum atomic E-state index is 5.79. The Bertz CT molecular complexity index is 145. The molecule has 2 nitrogen and oxygen atoms in total. The van der Waals surface area contributed by atoms with Crippen molar-refractivity contribution in [2.45, 2.75) is 50.5 Å². The molecule has 0 aromatic heterocycles. The maximum absolute atomic E-state index is 5.79. The zero-order valence-electron chi connectivity index (χ0n) is 7.79. The SMILES string of the molecule is CCCC1OC1[SiH]1CCCCO1. The van der Waals surface area contributed by atoms with Gasteiger partial charge in [0, 0.05) is 6.61 Å². The lowest BCUT2D eigenvalue weighted by atomic mass is 10.3. The molecule has 12 heavy (non-hydrogen) atoms. The lowest BCUT2D eigenvalue weighted by molar-refractivity contribution is 0.273. The third-order valence-electron chi connectivity index (χ3n) is 2.78. The van der Waals surface area contributed by atoms with E-state index in [1.54, 1.807) is 0 Å². The topological polar surface area (TPSA) is 21.8 Å². The number of ether oxygens (including phenoxy) is 1. The Balaban J connectivity index is 1.72. The summed E-state index contributed by atoms with van der Waals surface area (Å²) in [5.41, 5.74) is 0.588. The van der Waals surface area contributed by atoms with Crippen molar-refractivity contribution in [2.24, 2.45) is 0 Å². The molecule has 0 aromatic rings. The Morgan fingerprint density at radius 3 is 3.00 bits per heavy atom. The fourth-order valence-electron chi connectivity index (χ4n) is 2.03. The van der Waals surface area contributed by atoms with Crippen molar-refractivity contribution in [1.82, 2.24) is 0 Å². The van der Waals surface area contributed by atoms with Crippen LogP contribution in [0.1, 0.15) is 32.6 Å². The second-order valence-corrected chi connectivity index (χ2v) is 6.48. The highest BCUT2D eigenvalue weighted by Crippen LogP contribution is 2.32. The Labute approximate surface area is 76.0 Å². The van der Waals surface area contributed by atoms with Gasteiger partial charge in [0.15, 0.2) is 0 Å². The summed E-state index contributed by atoms with van der Waals surface area (Å²) in [6.07, 6.45) is 5.74. The average molecular weight is 186 g/mol. The van der Waals surface area contributed by atoms with E-state index in [9.17, 15) is 0 Å². The monoisotopic (exact) mass is 186 g/mol. The molecule has 2 rings (SSSR count). The summed E-state index contributed by atoms with van der Waals surface area (Å²) in [5, 5.41) is 0. The number of hydrogen-bond donors (Lipinski definition) is 0. The first-order chi connectivity index (χ1) is 5.92. The summed E-state index contributed by atoms with van der Waals surface area (Å²) in [6.45, 7) is 3.23. The number of epoxide rings is 1. The summed E-state index contributed by atoms with van der Waals surface area (Å²) in [7, 11) is -0.900. The van der Waals surface area contributed by atoms with Gasteiger partial charge in [-0.3, -0.25) is 0 Å². The molecule has 3 unspecified atom stereocenters. The highest BCUT2D eigenvalue weighted by Gasteiger charge is 2.46. The third-order valence-corrected chi connectivity index (χ3v) is 5.74. The number of hydrogen-bond acceptors (Lipinski definition) is 2. The van der Waals surface area contributed by atoms with Crippen molar-refractivity contribution in [2.75, 3.05) is 6.61 Å². The fraction of sp³-hybridized carbons (Fsp3) is 1.00. The van der Waals surface area contributed by atoms with E-state index in [1.165, 1.54) is 31.7 Å². The molecule has 0 spiro atoms. The normalized spacial score (nSPS) is 41.2. The van der Waals surface area contributed by atoms with Crippen LogP contribution in [0.4, 0.5) is 0 Å². The van der Waals surface area contributed by atoms with Gasteiger partial charge in [-0.1, -0.05) is 19.8 Å². The molecule has 0 saturated carbocycles. The van der Waals surface area contributed by atoms with Crippen LogP contribution in [0, 0.1) is 0 Å². The van der Waals surface area contributed by atoms with Crippen molar-refractivity contribution >= 4 is 9.04 Å². The summed E-state index contributed by atoms with van der Waals surface area (Å²) < 4.78 is 11.4. The van der Waals surface area contributed by atoms with Crippen molar-refractivity contribution < 1.29 is 9.16 Å². The van der Waals surface area contributed by atoms with Crippen molar-refractivity contribution in [3.63, 3.8) is 0 Å². The van der Waals surface area contributed by atoms with Gasteiger partial charge in [-0.05, 0) is 18.9 Å². The molecular weight excluding hydrogens is 168 g/mol. The van der Waals surface area contributed by atoms with Gasteiger partial charge in [0.25, 0.3) is 0 Å². The second-order valence-electron chi connectivity index (χ2n) is 3.83. The van der Waals surface area contributed by atoms with Gasteiger partial charge in [0.05, 0.1) is 11.8 Å². The minimum Gasteiger partial charge on any atom is -0.417 e. The first-order valence-corrected chi connectivity index (χ1v) is 7.14. The zero-order chi connectivity index (χ0) is 8.39. The first kappa shape index (κ1) is 8.72. The minimum atomic E-state index is -0.900. The molecule has 2 aliphatic heterocycles. The summed E-state index contributed by atoms with van der Waals surface area (Å²) in [5.74, 6) is 0. The molecule has 0 N–H and O–H groups in total. The van der Waals surface area contributed by atoms with E-state index < -0.39 is 9.04 Å².